The van der Waals surface area contributed by atoms with Crippen molar-refractivity contribution in [1.29, 1.82) is 0 Å². The Balaban J connectivity index is 2.54. The number of rotatable bonds is 7. The van der Waals surface area contributed by atoms with Crippen LogP contribution in [-0.4, -0.2) is 40.6 Å². The number of ether oxygens (including phenoxy) is 2. The van der Waals surface area contributed by atoms with Gasteiger partial charge in [0, 0.05) is 12.5 Å². The first-order chi connectivity index (χ1) is 7.87. The predicted molar refractivity (Wildman–Crippen MR) is 66.2 cm³/mol. The summed E-state index contributed by atoms with van der Waals surface area (Å²) in [6, 6.07) is 0. The van der Waals surface area contributed by atoms with Crippen molar-refractivity contribution in [2.45, 2.75) is 38.7 Å². The first-order valence-corrected chi connectivity index (χ1v) is 7.69. The smallest absolute Gasteiger partial charge is 0.209 e. The van der Waals surface area contributed by atoms with E-state index in [4.69, 9.17) is 14.6 Å². The molecule has 0 spiro atoms. The van der Waals surface area contributed by atoms with Crippen molar-refractivity contribution in [3.8, 4) is 0 Å². The van der Waals surface area contributed by atoms with E-state index in [1.165, 1.54) is 0 Å². The number of hydrogen-bond acceptors (Lipinski definition) is 4. The number of sulfonamides is 1. The Morgan fingerprint density at radius 2 is 1.94 bits per heavy atom. The summed E-state index contributed by atoms with van der Waals surface area (Å²) < 4.78 is 33.2. The van der Waals surface area contributed by atoms with E-state index in [0.717, 1.165) is 25.7 Å². The molecule has 0 aromatic heterocycles. The highest BCUT2D eigenvalue weighted by Gasteiger charge is 2.37. The maximum atomic E-state index is 11.3. The average Bonchev–Trinajstić information content (AvgIpc) is 2.62. The molecule has 0 heterocycles. The van der Waals surface area contributed by atoms with Crippen LogP contribution in [0.3, 0.4) is 0 Å². The van der Waals surface area contributed by atoms with Gasteiger partial charge >= 0.3 is 0 Å². The summed E-state index contributed by atoms with van der Waals surface area (Å²) in [5.74, 6) is 0.0275. The normalized spacial score (nSPS) is 21.6. The molecule has 0 aromatic carbocycles. The van der Waals surface area contributed by atoms with Crippen LogP contribution < -0.4 is 5.14 Å². The van der Waals surface area contributed by atoms with Crippen LogP contribution in [0.2, 0.25) is 0 Å². The van der Waals surface area contributed by atoms with Crippen LogP contribution >= 0.6 is 0 Å². The van der Waals surface area contributed by atoms with Crippen molar-refractivity contribution < 1.29 is 17.9 Å². The maximum absolute atomic E-state index is 11.3. The lowest BCUT2D eigenvalue weighted by Crippen LogP contribution is -2.36. The van der Waals surface area contributed by atoms with Gasteiger partial charge in [-0.3, -0.25) is 0 Å². The molecule has 6 heteroatoms. The van der Waals surface area contributed by atoms with Gasteiger partial charge in [0.25, 0.3) is 0 Å². The summed E-state index contributed by atoms with van der Waals surface area (Å²) in [5, 5.41) is 5.16. The monoisotopic (exact) mass is 265 g/mol. The molecule has 0 radical (unpaired) electrons. The molecule has 0 amide bonds. The molecule has 1 fully saturated rings. The summed E-state index contributed by atoms with van der Waals surface area (Å²) in [7, 11) is -1.82. The Labute approximate surface area is 104 Å². The second-order valence-corrected chi connectivity index (χ2v) is 6.71. The minimum absolute atomic E-state index is 0.0158. The molecule has 0 bridgehead atoms. The van der Waals surface area contributed by atoms with Crippen molar-refractivity contribution >= 4 is 10.0 Å². The minimum atomic E-state index is -3.44. The zero-order valence-corrected chi connectivity index (χ0v) is 11.5. The maximum Gasteiger partial charge on any atom is 0.209 e. The van der Waals surface area contributed by atoms with Gasteiger partial charge < -0.3 is 9.47 Å². The van der Waals surface area contributed by atoms with Crippen LogP contribution in [0.1, 0.15) is 32.6 Å². The highest BCUT2D eigenvalue weighted by atomic mass is 32.2. The predicted octanol–water partition coefficient (Wildman–Crippen LogP) is 0.887. The van der Waals surface area contributed by atoms with E-state index in [1.807, 2.05) is 6.92 Å². The second kappa shape index (κ2) is 6.13. The van der Waals surface area contributed by atoms with Gasteiger partial charge in [0.15, 0.2) is 0 Å². The quantitative estimate of drug-likeness (QED) is 0.741. The highest BCUT2D eigenvalue weighted by molar-refractivity contribution is 7.89. The molecule has 1 rings (SSSR count). The molecule has 17 heavy (non-hydrogen) atoms. The van der Waals surface area contributed by atoms with Gasteiger partial charge in [-0.1, -0.05) is 12.8 Å². The second-order valence-electron chi connectivity index (χ2n) is 5.09. The largest absolute Gasteiger partial charge is 0.382 e. The zero-order chi connectivity index (χ0) is 12.9. The van der Waals surface area contributed by atoms with Crippen molar-refractivity contribution in [2.24, 2.45) is 10.6 Å². The van der Waals surface area contributed by atoms with E-state index >= 15 is 0 Å². The first kappa shape index (κ1) is 14.9. The van der Waals surface area contributed by atoms with Gasteiger partial charge in [-0.2, -0.15) is 0 Å². The fraction of sp³-hybridized carbons (Fsp3) is 1.00. The Hall–Kier alpha value is -0.170. The van der Waals surface area contributed by atoms with Crippen molar-refractivity contribution in [1.82, 2.24) is 0 Å². The number of primary sulfonamides is 1. The third kappa shape index (κ3) is 5.33. The molecule has 1 atom stereocenters. The van der Waals surface area contributed by atoms with Gasteiger partial charge in [0.05, 0.1) is 25.1 Å². The summed E-state index contributed by atoms with van der Waals surface area (Å²) in [6.45, 7) is 2.89. The minimum Gasteiger partial charge on any atom is -0.382 e. The number of methoxy groups -OCH3 is 1. The van der Waals surface area contributed by atoms with Crippen LogP contribution in [-0.2, 0) is 19.5 Å². The third-order valence-corrected chi connectivity index (χ3v) is 4.26. The van der Waals surface area contributed by atoms with Crippen molar-refractivity contribution in [3.63, 3.8) is 0 Å². The number of nitrogens with two attached hydrogens (primary N) is 1. The molecule has 0 aromatic rings. The molecule has 1 unspecified atom stereocenters. The van der Waals surface area contributed by atoms with Gasteiger partial charge in [0.1, 0.15) is 0 Å². The third-order valence-electron chi connectivity index (χ3n) is 3.25. The summed E-state index contributed by atoms with van der Waals surface area (Å²) in [6.07, 6.45) is 3.85. The first-order valence-electron chi connectivity index (χ1n) is 5.98. The SMILES string of the molecule is COCC(C)OCC1(CS(N)(=O)=O)CCCC1. The lowest BCUT2D eigenvalue weighted by atomic mass is 9.90. The van der Waals surface area contributed by atoms with Crippen LogP contribution in [0.4, 0.5) is 0 Å². The number of hydrogen-bond donors (Lipinski definition) is 1. The van der Waals surface area contributed by atoms with E-state index in [9.17, 15) is 8.42 Å². The fourth-order valence-electron chi connectivity index (χ4n) is 2.48. The average molecular weight is 265 g/mol. The molecular formula is C11H23NO4S. The van der Waals surface area contributed by atoms with Gasteiger partial charge in [-0.05, 0) is 19.8 Å². The molecule has 2 N–H and O–H groups in total. The summed E-state index contributed by atoms with van der Waals surface area (Å²) in [4.78, 5) is 0. The van der Waals surface area contributed by atoms with Gasteiger partial charge in [0.2, 0.25) is 10.0 Å². The van der Waals surface area contributed by atoms with E-state index in [1.54, 1.807) is 7.11 Å². The summed E-state index contributed by atoms with van der Waals surface area (Å²) >= 11 is 0. The van der Waals surface area contributed by atoms with E-state index < -0.39 is 10.0 Å². The van der Waals surface area contributed by atoms with Crippen LogP contribution in [0.25, 0.3) is 0 Å². The van der Waals surface area contributed by atoms with E-state index in [2.05, 4.69) is 0 Å². The Morgan fingerprint density at radius 3 is 2.41 bits per heavy atom. The van der Waals surface area contributed by atoms with Gasteiger partial charge in [-0.15, -0.1) is 0 Å². The summed E-state index contributed by atoms with van der Waals surface area (Å²) in [5.41, 5.74) is -0.282. The molecule has 5 nitrogen and oxygen atoms in total. The Morgan fingerprint density at radius 1 is 1.35 bits per heavy atom. The fourth-order valence-corrected chi connectivity index (χ4v) is 3.71. The topological polar surface area (TPSA) is 78.6 Å². The molecular weight excluding hydrogens is 242 g/mol. The standard InChI is InChI=1S/C11H23NO4S/c1-10(7-15-2)16-8-11(5-3-4-6-11)9-17(12,13)14/h10H,3-9H2,1-2H3,(H2,12,13,14). The lowest BCUT2D eigenvalue weighted by molar-refractivity contribution is -0.0269. The van der Waals surface area contributed by atoms with Crippen molar-refractivity contribution in [2.75, 3.05) is 26.1 Å². The highest BCUT2D eigenvalue weighted by Crippen LogP contribution is 2.39. The van der Waals surface area contributed by atoms with Gasteiger partial charge in [-0.25, -0.2) is 13.6 Å². The van der Waals surface area contributed by atoms with E-state index in [0.29, 0.717) is 13.2 Å². The van der Waals surface area contributed by atoms with Crippen LogP contribution in [0, 0.1) is 5.41 Å². The van der Waals surface area contributed by atoms with Crippen LogP contribution in [0.5, 0.6) is 0 Å². The molecule has 102 valence electrons. The van der Waals surface area contributed by atoms with E-state index in [-0.39, 0.29) is 17.3 Å². The van der Waals surface area contributed by atoms with Crippen molar-refractivity contribution in [3.05, 3.63) is 0 Å². The van der Waals surface area contributed by atoms with Crippen LogP contribution in [0.15, 0.2) is 0 Å². The molecule has 1 aliphatic rings. The Bertz CT molecular complexity index is 322. The molecule has 1 saturated carbocycles. The molecule has 0 saturated heterocycles. The lowest BCUT2D eigenvalue weighted by Gasteiger charge is -2.29. The Kier molecular flexibility index (Phi) is 5.37. The molecule has 0 aliphatic heterocycles. The molecule has 1 aliphatic carbocycles. The zero-order valence-electron chi connectivity index (χ0n) is 10.6.